The summed E-state index contributed by atoms with van der Waals surface area (Å²) in [5, 5.41) is 10.8. The predicted molar refractivity (Wildman–Crippen MR) is 171 cm³/mol. The van der Waals surface area contributed by atoms with Gasteiger partial charge in [0.2, 0.25) is 11.8 Å². The molecule has 2 aromatic rings. The first-order valence-corrected chi connectivity index (χ1v) is 15.8. The molecule has 3 aliphatic rings. The van der Waals surface area contributed by atoms with Crippen LogP contribution in [0.15, 0.2) is 79.9 Å². The van der Waals surface area contributed by atoms with Crippen LogP contribution in [0.1, 0.15) is 45.1 Å². The Labute approximate surface area is 264 Å². The zero-order valence-electron chi connectivity index (χ0n) is 25.5. The van der Waals surface area contributed by atoms with Crippen molar-refractivity contribution >= 4 is 35.0 Å². The maximum atomic E-state index is 14.8. The van der Waals surface area contributed by atoms with Crippen LogP contribution in [0.3, 0.4) is 0 Å². The summed E-state index contributed by atoms with van der Waals surface area (Å²) in [5.41, 5.74) is -0.674. The van der Waals surface area contributed by atoms with Gasteiger partial charge in [-0.25, -0.2) is 0 Å². The maximum absolute atomic E-state index is 14.8. The Hall–Kier alpha value is -3.46. The quantitative estimate of drug-likeness (QED) is 0.319. The summed E-state index contributed by atoms with van der Waals surface area (Å²) in [6.45, 7) is 12.1. The van der Waals surface area contributed by atoms with Crippen LogP contribution < -0.4 is 4.90 Å². The van der Waals surface area contributed by atoms with Gasteiger partial charge in [0.25, 0.3) is 5.91 Å². The predicted octanol–water partition coefficient (Wildman–Crippen LogP) is 5.00. The highest BCUT2D eigenvalue weighted by Gasteiger charge is 2.79. The van der Waals surface area contributed by atoms with E-state index < -0.39 is 35.1 Å². The molecule has 0 saturated carbocycles. The highest BCUT2D eigenvalue weighted by molar-refractivity contribution is 6.34. The van der Waals surface area contributed by atoms with Gasteiger partial charge in [-0.2, -0.15) is 0 Å². The fourth-order valence-electron chi connectivity index (χ4n) is 7.76. The molecule has 6 atom stereocenters. The number of rotatable bonds is 13. The molecule has 3 heterocycles. The number of fused-ring (bicyclic) bond motifs is 1. The molecule has 3 saturated heterocycles. The van der Waals surface area contributed by atoms with Crippen molar-refractivity contribution in [3.63, 3.8) is 0 Å². The first-order valence-electron chi connectivity index (χ1n) is 15.5. The summed E-state index contributed by atoms with van der Waals surface area (Å²) in [6, 6.07) is 15.1. The van der Waals surface area contributed by atoms with Gasteiger partial charge < -0.3 is 24.5 Å². The van der Waals surface area contributed by atoms with E-state index in [1.54, 1.807) is 41.3 Å². The number of aliphatic hydroxyl groups is 1. The van der Waals surface area contributed by atoms with Crippen molar-refractivity contribution in [1.82, 2.24) is 9.80 Å². The monoisotopic (exact) mass is 619 g/mol. The lowest BCUT2D eigenvalue weighted by molar-refractivity contribution is -0.154. The van der Waals surface area contributed by atoms with Crippen LogP contribution >= 0.6 is 11.6 Å². The lowest BCUT2D eigenvalue weighted by atomic mass is 9.64. The van der Waals surface area contributed by atoms with Gasteiger partial charge in [0.1, 0.15) is 11.6 Å². The largest absolute Gasteiger partial charge is 0.394 e. The Morgan fingerprint density at radius 3 is 2.36 bits per heavy atom. The molecule has 2 unspecified atom stereocenters. The molecular formula is C35H42ClN3O5. The number of amides is 3. The van der Waals surface area contributed by atoms with Crippen molar-refractivity contribution in [2.75, 3.05) is 24.6 Å². The Balaban J connectivity index is 1.62. The van der Waals surface area contributed by atoms with Crippen molar-refractivity contribution in [1.29, 1.82) is 0 Å². The molecule has 0 aromatic heterocycles. The molecule has 2 aromatic carbocycles. The molecule has 3 aliphatic heterocycles. The molecule has 9 heteroatoms. The standard InChI is InChI=1S/C35H42ClN3O5/c1-5-20-37(22-24-14-10-9-11-15-24)31(41)28-29-32(42)39(25(7-3)23-40)30(35(29)19-18-34(28,8-4)44-35)33(43)38(21-6-2)27-17-13-12-16-26(27)36/h5-6,9-17,25,28-30,40H,1-2,7-8,18-23H2,3-4H3/t25-,28+,29-,30?,34-,35?/m0/s1. The van der Waals surface area contributed by atoms with E-state index in [9.17, 15) is 19.5 Å². The minimum absolute atomic E-state index is 0.156. The molecule has 5 rings (SSSR count). The van der Waals surface area contributed by atoms with Gasteiger partial charge in [-0.05, 0) is 43.4 Å². The zero-order chi connectivity index (χ0) is 31.6. The van der Waals surface area contributed by atoms with Gasteiger partial charge in [-0.15, -0.1) is 13.2 Å². The normalized spacial score (nSPS) is 27.6. The minimum atomic E-state index is -1.24. The highest BCUT2D eigenvalue weighted by atomic mass is 35.5. The van der Waals surface area contributed by atoms with Crippen molar-refractivity contribution in [2.24, 2.45) is 11.8 Å². The smallest absolute Gasteiger partial charge is 0.253 e. The van der Waals surface area contributed by atoms with E-state index in [0.717, 1.165) is 5.56 Å². The van der Waals surface area contributed by atoms with E-state index in [1.807, 2.05) is 44.2 Å². The lowest BCUT2D eigenvalue weighted by Crippen LogP contribution is -2.59. The fourth-order valence-corrected chi connectivity index (χ4v) is 8.00. The van der Waals surface area contributed by atoms with E-state index in [1.165, 1.54) is 9.80 Å². The second-order valence-electron chi connectivity index (χ2n) is 12.0. The van der Waals surface area contributed by atoms with Crippen LogP contribution in [0, 0.1) is 11.8 Å². The molecule has 44 heavy (non-hydrogen) atoms. The highest BCUT2D eigenvalue weighted by Crippen LogP contribution is 2.65. The van der Waals surface area contributed by atoms with E-state index in [2.05, 4.69) is 13.2 Å². The van der Waals surface area contributed by atoms with Crippen LogP contribution in [0.25, 0.3) is 0 Å². The summed E-state index contributed by atoms with van der Waals surface area (Å²) < 4.78 is 6.98. The minimum Gasteiger partial charge on any atom is -0.394 e. The molecule has 8 nitrogen and oxygen atoms in total. The number of carbonyl (C=O) groups is 3. The van der Waals surface area contributed by atoms with Gasteiger partial charge in [0.05, 0.1) is 40.8 Å². The molecule has 1 N–H and O–H groups in total. The van der Waals surface area contributed by atoms with Crippen LogP contribution in [-0.4, -0.2) is 75.6 Å². The average molecular weight is 620 g/mol. The Bertz CT molecular complexity index is 1410. The topological polar surface area (TPSA) is 90.4 Å². The SMILES string of the molecule is C=CCN(Cc1ccccc1)C(=O)[C@H]1[C@H]2C(=O)N([C@@H](CC)CO)C(C(=O)N(CC=C)c3ccccc3Cl)C23CC[C@]1(CC)O3. The second kappa shape index (κ2) is 12.9. The third-order valence-corrected chi connectivity index (χ3v) is 10.1. The van der Waals surface area contributed by atoms with Gasteiger partial charge in [0.15, 0.2) is 0 Å². The third-order valence-electron chi connectivity index (χ3n) is 9.79. The zero-order valence-corrected chi connectivity index (χ0v) is 26.3. The molecular weight excluding hydrogens is 578 g/mol. The Kier molecular flexibility index (Phi) is 9.35. The van der Waals surface area contributed by atoms with Crippen LogP contribution in [0.5, 0.6) is 0 Å². The molecule has 2 bridgehead atoms. The molecule has 1 spiro atoms. The fraction of sp³-hybridized carbons (Fsp3) is 0.457. The van der Waals surface area contributed by atoms with Crippen molar-refractivity contribution in [2.45, 2.75) is 69.4 Å². The van der Waals surface area contributed by atoms with Crippen molar-refractivity contribution < 1.29 is 24.2 Å². The van der Waals surface area contributed by atoms with E-state index in [0.29, 0.717) is 49.5 Å². The number of nitrogens with zero attached hydrogens (tertiary/aromatic N) is 3. The summed E-state index contributed by atoms with van der Waals surface area (Å²) in [7, 11) is 0. The molecule has 3 amide bonds. The summed E-state index contributed by atoms with van der Waals surface area (Å²) in [4.78, 5) is 48.9. The van der Waals surface area contributed by atoms with E-state index in [4.69, 9.17) is 16.3 Å². The van der Waals surface area contributed by atoms with Gasteiger partial charge in [-0.1, -0.05) is 80.1 Å². The Morgan fingerprint density at radius 1 is 1.07 bits per heavy atom. The third kappa shape index (κ3) is 5.07. The van der Waals surface area contributed by atoms with Crippen molar-refractivity contribution in [3.05, 3.63) is 90.5 Å². The van der Waals surface area contributed by atoms with Gasteiger partial charge in [0, 0.05) is 19.6 Å². The lowest BCUT2D eigenvalue weighted by Gasteiger charge is -2.39. The Morgan fingerprint density at radius 2 is 1.75 bits per heavy atom. The number of aliphatic hydroxyl groups excluding tert-OH is 1. The van der Waals surface area contributed by atoms with E-state index in [-0.39, 0.29) is 30.9 Å². The summed E-state index contributed by atoms with van der Waals surface area (Å²) in [6.07, 6.45) is 5.23. The van der Waals surface area contributed by atoms with Gasteiger partial charge in [-0.3, -0.25) is 14.4 Å². The molecule has 0 aliphatic carbocycles. The molecule has 3 fully saturated rings. The first kappa shape index (κ1) is 31.9. The summed E-state index contributed by atoms with van der Waals surface area (Å²) in [5.74, 6) is -2.54. The van der Waals surface area contributed by atoms with Crippen molar-refractivity contribution in [3.8, 4) is 0 Å². The molecule has 234 valence electrons. The first-order chi connectivity index (χ1) is 21.2. The number of halogens is 1. The summed E-state index contributed by atoms with van der Waals surface area (Å²) >= 11 is 6.58. The number of likely N-dealkylation sites (tertiary alicyclic amines) is 1. The number of ether oxygens (including phenoxy) is 1. The number of anilines is 1. The van der Waals surface area contributed by atoms with E-state index >= 15 is 0 Å². The average Bonchev–Trinajstić information content (AvgIpc) is 3.64. The maximum Gasteiger partial charge on any atom is 0.253 e. The number of benzene rings is 2. The van der Waals surface area contributed by atoms with Crippen LogP contribution in [0.2, 0.25) is 5.02 Å². The number of carbonyl (C=O) groups excluding carboxylic acids is 3. The molecule has 0 radical (unpaired) electrons. The van der Waals surface area contributed by atoms with Crippen LogP contribution in [-0.2, 0) is 25.7 Å². The number of para-hydroxylation sites is 1. The second-order valence-corrected chi connectivity index (χ2v) is 12.4. The number of hydrogen-bond donors (Lipinski definition) is 1. The van der Waals surface area contributed by atoms with Gasteiger partial charge >= 0.3 is 0 Å². The van der Waals surface area contributed by atoms with Crippen LogP contribution in [0.4, 0.5) is 5.69 Å². The number of hydrogen-bond acceptors (Lipinski definition) is 5.